The number of benzene rings is 4. The van der Waals surface area contributed by atoms with Crippen LogP contribution >= 0.6 is 0 Å². The molecule has 0 N–H and O–H groups in total. The van der Waals surface area contributed by atoms with E-state index in [1.807, 2.05) is 67.7 Å². The van der Waals surface area contributed by atoms with Crippen molar-refractivity contribution < 1.29 is 4.74 Å². The van der Waals surface area contributed by atoms with Crippen LogP contribution in [0.5, 0.6) is 11.5 Å². The van der Waals surface area contributed by atoms with Crippen LogP contribution in [-0.2, 0) is 0 Å². The highest BCUT2D eigenvalue weighted by Gasteiger charge is 2.04. The molecule has 3 heteroatoms. The monoisotopic (exact) mass is 402 g/mol. The molecule has 0 bridgehead atoms. The molecule has 5 aromatic rings. The Morgan fingerprint density at radius 2 is 1.52 bits per heavy atom. The molecule has 5 rings (SSSR count). The molecule has 150 valence electrons. The van der Waals surface area contributed by atoms with Gasteiger partial charge in [-0.25, -0.2) is 0 Å². The predicted molar refractivity (Wildman–Crippen MR) is 128 cm³/mol. The minimum Gasteiger partial charge on any atom is -0.457 e. The lowest BCUT2D eigenvalue weighted by molar-refractivity contribution is 0.479. The van der Waals surface area contributed by atoms with Crippen LogP contribution < -0.4 is 4.74 Å². The molecule has 0 unspecified atom stereocenters. The Morgan fingerprint density at radius 1 is 0.742 bits per heavy atom. The number of aryl methyl sites for hydroxylation is 1. The molecule has 0 spiro atoms. The zero-order valence-electron chi connectivity index (χ0n) is 17.3. The van der Waals surface area contributed by atoms with Crippen LogP contribution in [0.4, 0.5) is 5.69 Å². The summed E-state index contributed by atoms with van der Waals surface area (Å²) in [7, 11) is 0. The average molecular weight is 402 g/mol. The van der Waals surface area contributed by atoms with E-state index in [9.17, 15) is 0 Å². The summed E-state index contributed by atoms with van der Waals surface area (Å²) >= 11 is 0. The van der Waals surface area contributed by atoms with Crippen molar-refractivity contribution in [3.05, 3.63) is 121 Å². The second-order valence-corrected chi connectivity index (χ2v) is 7.45. The van der Waals surface area contributed by atoms with Gasteiger partial charge in [0.05, 0.1) is 17.6 Å². The van der Waals surface area contributed by atoms with Crippen LogP contribution in [0.25, 0.3) is 16.5 Å². The molecular formula is C28H22N2O. The molecule has 0 saturated carbocycles. The third-order valence-corrected chi connectivity index (χ3v) is 5.30. The molecular weight excluding hydrogens is 380 g/mol. The van der Waals surface area contributed by atoms with Crippen molar-refractivity contribution in [3.8, 4) is 17.2 Å². The Kier molecular flexibility index (Phi) is 5.07. The van der Waals surface area contributed by atoms with Gasteiger partial charge in [0.2, 0.25) is 0 Å². The smallest absolute Gasteiger partial charge is 0.130 e. The van der Waals surface area contributed by atoms with Crippen molar-refractivity contribution in [1.82, 2.24) is 4.57 Å². The van der Waals surface area contributed by atoms with Crippen molar-refractivity contribution in [2.75, 3.05) is 0 Å². The van der Waals surface area contributed by atoms with Crippen molar-refractivity contribution in [2.45, 2.75) is 6.92 Å². The van der Waals surface area contributed by atoms with Gasteiger partial charge in [-0.2, -0.15) is 0 Å². The fourth-order valence-corrected chi connectivity index (χ4v) is 3.60. The number of para-hydroxylation sites is 1. The molecule has 1 heterocycles. The van der Waals surface area contributed by atoms with Gasteiger partial charge in [0.25, 0.3) is 0 Å². The van der Waals surface area contributed by atoms with Gasteiger partial charge in [0.15, 0.2) is 0 Å². The average Bonchev–Trinajstić information content (AvgIpc) is 3.28. The Morgan fingerprint density at radius 3 is 2.35 bits per heavy atom. The number of fused-ring (bicyclic) bond motifs is 1. The largest absolute Gasteiger partial charge is 0.457 e. The van der Waals surface area contributed by atoms with Crippen LogP contribution in [0.15, 0.2) is 114 Å². The number of aliphatic imine (C=N–C) groups is 1. The summed E-state index contributed by atoms with van der Waals surface area (Å²) in [5, 5.41) is 2.46. The lowest BCUT2D eigenvalue weighted by Crippen LogP contribution is -1.97. The van der Waals surface area contributed by atoms with E-state index in [0.717, 1.165) is 34.1 Å². The lowest BCUT2D eigenvalue weighted by Gasteiger charge is -2.09. The van der Waals surface area contributed by atoms with E-state index in [2.05, 4.69) is 64.3 Å². The van der Waals surface area contributed by atoms with Crippen LogP contribution in [-0.4, -0.2) is 10.8 Å². The Labute approximate surface area is 181 Å². The zero-order chi connectivity index (χ0) is 21.0. The summed E-state index contributed by atoms with van der Waals surface area (Å²) in [6.45, 7) is 2.04. The van der Waals surface area contributed by atoms with Gasteiger partial charge in [-0.3, -0.25) is 4.99 Å². The Hall–Kier alpha value is -4.11. The first-order chi connectivity index (χ1) is 15.3. The SMILES string of the molecule is Cc1ccccc1Oc1ccc(N=Cc2cccn2-c2ccc3ccccc3c2)cc1. The topological polar surface area (TPSA) is 26.5 Å². The Balaban J connectivity index is 1.35. The molecule has 31 heavy (non-hydrogen) atoms. The maximum absolute atomic E-state index is 5.97. The van der Waals surface area contributed by atoms with Gasteiger partial charge < -0.3 is 9.30 Å². The summed E-state index contributed by atoms with van der Waals surface area (Å²) < 4.78 is 8.12. The highest BCUT2D eigenvalue weighted by Crippen LogP contribution is 2.26. The fraction of sp³-hybridized carbons (Fsp3) is 0.0357. The number of ether oxygens (including phenoxy) is 1. The van der Waals surface area contributed by atoms with Crippen LogP contribution in [0.3, 0.4) is 0 Å². The van der Waals surface area contributed by atoms with E-state index >= 15 is 0 Å². The third-order valence-electron chi connectivity index (χ3n) is 5.30. The molecule has 0 amide bonds. The van der Waals surface area contributed by atoms with Gasteiger partial charge in [-0.15, -0.1) is 0 Å². The van der Waals surface area contributed by atoms with E-state index in [4.69, 9.17) is 4.74 Å². The second-order valence-electron chi connectivity index (χ2n) is 7.45. The van der Waals surface area contributed by atoms with Gasteiger partial charge in [0.1, 0.15) is 11.5 Å². The number of aromatic nitrogens is 1. The van der Waals surface area contributed by atoms with Gasteiger partial charge >= 0.3 is 0 Å². The minimum absolute atomic E-state index is 0.799. The lowest BCUT2D eigenvalue weighted by atomic mass is 10.1. The summed E-state index contributed by atoms with van der Waals surface area (Å²) in [4.78, 5) is 4.66. The first-order valence-electron chi connectivity index (χ1n) is 10.3. The summed E-state index contributed by atoms with van der Waals surface area (Å²) in [5.74, 6) is 1.67. The second kappa shape index (κ2) is 8.33. The normalized spacial score (nSPS) is 11.3. The first-order valence-corrected chi connectivity index (χ1v) is 10.3. The number of hydrogen-bond donors (Lipinski definition) is 0. The molecule has 0 aliphatic carbocycles. The highest BCUT2D eigenvalue weighted by molar-refractivity contribution is 5.86. The van der Waals surface area contributed by atoms with Crippen molar-refractivity contribution >= 4 is 22.7 Å². The van der Waals surface area contributed by atoms with E-state index in [-0.39, 0.29) is 0 Å². The van der Waals surface area contributed by atoms with Crippen LogP contribution in [0, 0.1) is 6.92 Å². The van der Waals surface area contributed by atoms with Crippen LogP contribution in [0.1, 0.15) is 11.3 Å². The molecule has 0 atom stereocenters. The molecule has 4 aromatic carbocycles. The molecule has 0 radical (unpaired) electrons. The van der Waals surface area contributed by atoms with Gasteiger partial charge in [-0.1, -0.05) is 48.5 Å². The molecule has 0 aliphatic heterocycles. The summed E-state index contributed by atoms with van der Waals surface area (Å²) in [5.41, 5.74) is 4.13. The molecule has 0 saturated heterocycles. The molecule has 0 aliphatic rings. The van der Waals surface area contributed by atoms with E-state index in [1.54, 1.807) is 0 Å². The van der Waals surface area contributed by atoms with E-state index in [0.29, 0.717) is 0 Å². The third kappa shape index (κ3) is 4.12. The van der Waals surface area contributed by atoms with Gasteiger partial charge in [-0.05, 0) is 77.9 Å². The predicted octanol–water partition coefficient (Wildman–Crippen LogP) is 7.48. The quantitative estimate of drug-likeness (QED) is 0.280. The minimum atomic E-state index is 0.799. The number of nitrogens with zero attached hydrogens (tertiary/aromatic N) is 2. The van der Waals surface area contributed by atoms with Crippen molar-refractivity contribution in [3.63, 3.8) is 0 Å². The fourth-order valence-electron chi connectivity index (χ4n) is 3.60. The van der Waals surface area contributed by atoms with Crippen LogP contribution in [0.2, 0.25) is 0 Å². The maximum atomic E-state index is 5.97. The summed E-state index contributed by atoms with van der Waals surface area (Å²) in [6.07, 6.45) is 3.96. The Bertz CT molecular complexity index is 1360. The molecule has 0 fully saturated rings. The van der Waals surface area contributed by atoms with E-state index < -0.39 is 0 Å². The van der Waals surface area contributed by atoms with Gasteiger partial charge in [0, 0.05) is 11.9 Å². The standard InChI is InChI=1S/C28H22N2O/c1-21-7-2-5-11-28(21)31-27-16-13-24(14-17-27)29-20-26-10-6-18-30(26)25-15-12-22-8-3-4-9-23(22)19-25/h2-20H,1H3. The van der Waals surface area contributed by atoms with E-state index in [1.165, 1.54) is 10.8 Å². The maximum Gasteiger partial charge on any atom is 0.130 e. The highest BCUT2D eigenvalue weighted by atomic mass is 16.5. The number of rotatable bonds is 5. The molecule has 3 nitrogen and oxygen atoms in total. The summed E-state index contributed by atoms with van der Waals surface area (Å²) in [6, 6.07) is 34.8. The van der Waals surface area contributed by atoms with Crippen molar-refractivity contribution in [1.29, 1.82) is 0 Å². The zero-order valence-corrected chi connectivity index (χ0v) is 17.3. The first kappa shape index (κ1) is 18.9. The molecule has 1 aromatic heterocycles. The van der Waals surface area contributed by atoms with Crippen molar-refractivity contribution in [2.24, 2.45) is 4.99 Å². The number of hydrogen-bond acceptors (Lipinski definition) is 2.